The molecule has 1 unspecified atom stereocenters. The number of carboxylic acid groups (broad SMARTS) is 1. The molecule has 0 aromatic heterocycles. The van der Waals surface area contributed by atoms with Gasteiger partial charge in [0.1, 0.15) is 6.04 Å². The first-order valence-electron chi connectivity index (χ1n) is 5.54. The average Bonchev–Trinajstić information content (AvgIpc) is 2.28. The summed E-state index contributed by atoms with van der Waals surface area (Å²) in [6.45, 7) is 1.88. The van der Waals surface area contributed by atoms with Crippen LogP contribution in [-0.2, 0) is 4.79 Å². The molecule has 0 spiro atoms. The van der Waals surface area contributed by atoms with Crippen molar-refractivity contribution < 1.29 is 14.7 Å². The number of nitrogens with two attached hydrogens (primary N) is 1. The first-order chi connectivity index (χ1) is 8.45. The summed E-state index contributed by atoms with van der Waals surface area (Å²) in [5, 5.41) is 12.2. The van der Waals surface area contributed by atoms with E-state index in [1.165, 1.54) is 18.2 Å². The third-order valence-corrected chi connectivity index (χ3v) is 2.69. The van der Waals surface area contributed by atoms with Crippen LogP contribution in [0.2, 0.25) is 5.02 Å². The van der Waals surface area contributed by atoms with Crippen LogP contribution in [0.4, 0.5) is 5.69 Å². The average molecular weight is 271 g/mol. The van der Waals surface area contributed by atoms with E-state index in [-0.39, 0.29) is 5.56 Å². The Hall–Kier alpha value is -1.75. The monoisotopic (exact) mass is 270 g/mol. The Bertz CT molecular complexity index is 463. The van der Waals surface area contributed by atoms with Crippen molar-refractivity contribution in [2.75, 3.05) is 5.32 Å². The molecule has 0 bridgehead atoms. The van der Waals surface area contributed by atoms with Gasteiger partial charge in [0.05, 0.1) is 5.56 Å². The highest BCUT2D eigenvalue weighted by atomic mass is 35.5. The second kappa shape index (κ2) is 6.26. The molecule has 5 nitrogen and oxygen atoms in total. The van der Waals surface area contributed by atoms with Crippen LogP contribution in [0.15, 0.2) is 18.2 Å². The smallest absolute Gasteiger partial charge is 0.326 e. The Balaban J connectivity index is 3.03. The van der Waals surface area contributed by atoms with Gasteiger partial charge in [-0.25, -0.2) is 4.79 Å². The zero-order valence-electron chi connectivity index (χ0n) is 9.94. The largest absolute Gasteiger partial charge is 0.480 e. The maximum atomic E-state index is 11.2. The lowest BCUT2D eigenvalue weighted by Gasteiger charge is -2.17. The molecule has 6 heteroatoms. The molecule has 0 aliphatic carbocycles. The van der Waals surface area contributed by atoms with Gasteiger partial charge < -0.3 is 16.2 Å². The van der Waals surface area contributed by atoms with E-state index in [0.29, 0.717) is 23.6 Å². The molecule has 18 heavy (non-hydrogen) atoms. The molecule has 0 saturated heterocycles. The summed E-state index contributed by atoms with van der Waals surface area (Å²) in [5.74, 6) is -1.61. The van der Waals surface area contributed by atoms with Gasteiger partial charge in [-0.1, -0.05) is 24.9 Å². The Morgan fingerprint density at radius 3 is 2.67 bits per heavy atom. The van der Waals surface area contributed by atoms with Crippen LogP contribution in [0.25, 0.3) is 0 Å². The van der Waals surface area contributed by atoms with Crippen LogP contribution in [-0.4, -0.2) is 23.0 Å². The summed E-state index contributed by atoms with van der Waals surface area (Å²) in [5.41, 5.74) is 5.79. The van der Waals surface area contributed by atoms with Gasteiger partial charge in [0.15, 0.2) is 0 Å². The maximum Gasteiger partial charge on any atom is 0.326 e. The van der Waals surface area contributed by atoms with Crippen molar-refractivity contribution in [2.45, 2.75) is 25.8 Å². The number of amides is 1. The van der Waals surface area contributed by atoms with Crippen LogP contribution in [0.1, 0.15) is 30.1 Å². The summed E-state index contributed by atoms with van der Waals surface area (Å²) >= 11 is 5.82. The van der Waals surface area contributed by atoms with Crippen LogP contribution in [0.5, 0.6) is 0 Å². The molecule has 1 amide bonds. The Morgan fingerprint density at radius 2 is 2.17 bits per heavy atom. The second-order valence-electron chi connectivity index (χ2n) is 3.88. The number of anilines is 1. The summed E-state index contributed by atoms with van der Waals surface area (Å²) in [7, 11) is 0. The lowest BCUT2D eigenvalue weighted by molar-refractivity contribution is -0.138. The molecular weight excluding hydrogens is 256 g/mol. The molecule has 0 aliphatic rings. The van der Waals surface area contributed by atoms with Gasteiger partial charge in [-0.3, -0.25) is 4.79 Å². The van der Waals surface area contributed by atoms with E-state index in [1.54, 1.807) is 0 Å². The molecule has 1 aromatic carbocycles. The number of halogens is 1. The van der Waals surface area contributed by atoms with Crippen LogP contribution < -0.4 is 11.1 Å². The van der Waals surface area contributed by atoms with Crippen molar-refractivity contribution >= 4 is 29.2 Å². The minimum Gasteiger partial charge on any atom is -0.480 e. The van der Waals surface area contributed by atoms with Crippen LogP contribution in [0, 0.1) is 0 Å². The molecule has 0 fully saturated rings. The van der Waals surface area contributed by atoms with Crippen LogP contribution >= 0.6 is 11.6 Å². The first-order valence-corrected chi connectivity index (χ1v) is 5.92. The van der Waals surface area contributed by atoms with E-state index in [4.69, 9.17) is 22.4 Å². The number of aliphatic carboxylic acids is 1. The molecule has 98 valence electrons. The van der Waals surface area contributed by atoms with Crippen molar-refractivity contribution in [1.29, 1.82) is 0 Å². The predicted molar refractivity (Wildman–Crippen MR) is 69.9 cm³/mol. The summed E-state index contributed by atoms with van der Waals surface area (Å²) < 4.78 is 0. The van der Waals surface area contributed by atoms with Crippen molar-refractivity contribution in [1.82, 2.24) is 0 Å². The quantitative estimate of drug-likeness (QED) is 0.738. The van der Waals surface area contributed by atoms with Crippen molar-refractivity contribution in [2.24, 2.45) is 5.73 Å². The molecule has 0 heterocycles. The standard InChI is InChI=1S/C12H15ClN2O3/c1-2-3-9(12(17)18)15-10-6-7(13)4-5-8(10)11(14)16/h4-6,9,15H,2-3H2,1H3,(H2,14,16)(H,17,18). The topological polar surface area (TPSA) is 92.4 Å². The van der Waals surface area contributed by atoms with E-state index >= 15 is 0 Å². The van der Waals surface area contributed by atoms with Gasteiger partial charge >= 0.3 is 5.97 Å². The highest BCUT2D eigenvalue weighted by molar-refractivity contribution is 6.31. The van der Waals surface area contributed by atoms with Gasteiger partial charge in [0.25, 0.3) is 5.91 Å². The van der Waals surface area contributed by atoms with E-state index in [1.807, 2.05) is 6.92 Å². The fourth-order valence-corrected chi connectivity index (χ4v) is 1.76. The second-order valence-corrected chi connectivity index (χ2v) is 4.31. The fraction of sp³-hybridized carbons (Fsp3) is 0.333. The predicted octanol–water partition coefficient (Wildman–Crippen LogP) is 2.10. The van der Waals surface area contributed by atoms with Gasteiger partial charge in [-0.15, -0.1) is 0 Å². The van der Waals surface area contributed by atoms with Crippen molar-refractivity contribution in [3.8, 4) is 0 Å². The molecule has 4 N–H and O–H groups in total. The number of carboxylic acids is 1. The lowest BCUT2D eigenvalue weighted by atomic mass is 10.1. The third-order valence-electron chi connectivity index (χ3n) is 2.45. The van der Waals surface area contributed by atoms with E-state index in [9.17, 15) is 9.59 Å². The van der Waals surface area contributed by atoms with E-state index in [0.717, 1.165) is 0 Å². The molecule has 1 aromatic rings. The number of primary amides is 1. The molecule has 0 saturated carbocycles. The minimum atomic E-state index is -0.979. The first kappa shape index (κ1) is 14.3. The zero-order chi connectivity index (χ0) is 13.7. The molecular formula is C12H15ClN2O3. The Kier molecular flexibility index (Phi) is 4.97. The van der Waals surface area contributed by atoms with Gasteiger partial charge in [0.2, 0.25) is 0 Å². The van der Waals surface area contributed by atoms with E-state index < -0.39 is 17.9 Å². The number of hydrogen-bond donors (Lipinski definition) is 3. The van der Waals surface area contributed by atoms with Gasteiger partial charge in [-0.05, 0) is 24.6 Å². The zero-order valence-corrected chi connectivity index (χ0v) is 10.7. The SMILES string of the molecule is CCCC(Nc1cc(Cl)ccc1C(N)=O)C(=O)O. The highest BCUT2D eigenvalue weighted by Crippen LogP contribution is 2.22. The number of benzene rings is 1. The minimum absolute atomic E-state index is 0.224. The number of hydrogen-bond acceptors (Lipinski definition) is 3. The normalized spacial score (nSPS) is 11.9. The Labute approximate surface area is 110 Å². The number of carbonyl (C=O) groups excluding carboxylic acids is 1. The summed E-state index contributed by atoms with van der Waals surface area (Å²) in [6, 6.07) is 3.72. The highest BCUT2D eigenvalue weighted by Gasteiger charge is 2.18. The van der Waals surface area contributed by atoms with Gasteiger partial charge in [-0.2, -0.15) is 0 Å². The molecule has 1 atom stereocenters. The van der Waals surface area contributed by atoms with Crippen molar-refractivity contribution in [3.05, 3.63) is 28.8 Å². The summed E-state index contributed by atoms with van der Waals surface area (Å²) in [6.07, 6.45) is 1.15. The molecule has 0 radical (unpaired) electrons. The third kappa shape index (κ3) is 3.63. The Morgan fingerprint density at radius 1 is 1.50 bits per heavy atom. The molecule has 1 rings (SSSR count). The van der Waals surface area contributed by atoms with Crippen LogP contribution in [0.3, 0.4) is 0 Å². The lowest BCUT2D eigenvalue weighted by Crippen LogP contribution is -2.30. The van der Waals surface area contributed by atoms with Gasteiger partial charge in [0, 0.05) is 10.7 Å². The van der Waals surface area contributed by atoms with Crippen molar-refractivity contribution in [3.63, 3.8) is 0 Å². The molecule has 0 aliphatic heterocycles. The number of carbonyl (C=O) groups is 2. The maximum absolute atomic E-state index is 11.2. The summed E-state index contributed by atoms with van der Waals surface area (Å²) in [4.78, 5) is 22.3. The fourth-order valence-electron chi connectivity index (χ4n) is 1.58. The number of nitrogens with one attached hydrogen (secondary N) is 1. The van der Waals surface area contributed by atoms with E-state index in [2.05, 4.69) is 5.32 Å². The number of rotatable bonds is 6.